The molecule has 0 saturated carbocycles. The lowest BCUT2D eigenvalue weighted by atomic mass is 10.1. The molecule has 1 aliphatic heterocycles. The van der Waals surface area contributed by atoms with Crippen LogP contribution < -0.4 is 10.2 Å². The van der Waals surface area contributed by atoms with E-state index >= 15 is 0 Å². The maximum Gasteiger partial charge on any atom is 0.169 e. The fraction of sp³-hybridized carbons (Fsp3) is 0.292. The Kier molecular flexibility index (Phi) is 4.93. The number of aryl methyl sites for hydroxylation is 2. The van der Waals surface area contributed by atoms with Crippen molar-refractivity contribution in [3.8, 4) is 5.69 Å². The Balaban J connectivity index is 1.67. The smallest absolute Gasteiger partial charge is 0.169 e. The van der Waals surface area contributed by atoms with E-state index in [1.54, 1.807) is 0 Å². The first kappa shape index (κ1) is 18.8. The quantitative estimate of drug-likeness (QED) is 0.571. The Hall–Kier alpha value is -3.25. The van der Waals surface area contributed by atoms with Gasteiger partial charge in [0.2, 0.25) is 0 Å². The van der Waals surface area contributed by atoms with Crippen LogP contribution in [-0.2, 0) is 6.42 Å². The summed E-state index contributed by atoms with van der Waals surface area (Å²) in [6.07, 6.45) is 0.703. The van der Waals surface area contributed by atoms with Crippen LogP contribution in [0.2, 0.25) is 0 Å². The van der Waals surface area contributed by atoms with Gasteiger partial charge in [0.25, 0.3) is 0 Å². The molecular weight excluding hydrogens is 372 g/mol. The van der Waals surface area contributed by atoms with Crippen molar-refractivity contribution in [2.75, 3.05) is 31.1 Å². The zero-order valence-electron chi connectivity index (χ0n) is 17.5. The van der Waals surface area contributed by atoms with Crippen molar-refractivity contribution in [2.24, 2.45) is 0 Å². The molecule has 2 aromatic carbocycles. The Morgan fingerprint density at radius 1 is 0.900 bits per heavy atom. The summed E-state index contributed by atoms with van der Waals surface area (Å²) in [4.78, 5) is 12.4. The van der Waals surface area contributed by atoms with E-state index in [9.17, 15) is 0 Å². The number of piperazine rings is 1. The summed E-state index contributed by atoms with van der Waals surface area (Å²) in [5.41, 5.74) is 5.33. The average Bonchev–Trinajstić information content (AvgIpc) is 3.12. The van der Waals surface area contributed by atoms with Crippen LogP contribution in [0.15, 0.2) is 54.6 Å². The molecule has 5 rings (SSSR count). The Bertz CT molecular complexity index is 1160. The maximum atomic E-state index is 5.04. The molecule has 0 unspecified atom stereocenters. The number of hydrogen-bond donors (Lipinski definition) is 1. The number of aromatic nitrogens is 4. The van der Waals surface area contributed by atoms with Gasteiger partial charge in [-0.2, -0.15) is 5.10 Å². The van der Waals surface area contributed by atoms with Crippen molar-refractivity contribution in [1.29, 1.82) is 0 Å². The number of hydrogen-bond acceptors (Lipinski definition) is 5. The second-order valence-electron chi connectivity index (χ2n) is 7.89. The second kappa shape index (κ2) is 7.88. The van der Waals surface area contributed by atoms with E-state index in [0.29, 0.717) is 6.42 Å². The van der Waals surface area contributed by atoms with Crippen LogP contribution in [0.25, 0.3) is 16.7 Å². The van der Waals surface area contributed by atoms with E-state index in [2.05, 4.69) is 60.5 Å². The van der Waals surface area contributed by atoms with Crippen LogP contribution in [0.1, 0.15) is 22.6 Å². The average molecular weight is 399 g/mol. The van der Waals surface area contributed by atoms with Crippen LogP contribution in [0, 0.1) is 13.8 Å². The molecule has 1 N–H and O–H groups in total. The molecule has 0 spiro atoms. The topological polar surface area (TPSA) is 58.9 Å². The molecule has 0 amide bonds. The lowest BCUT2D eigenvalue weighted by Crippen LogP contribution is -2.44. The fourth-order valence-electron chi connectivity index (χ4n) is 4.03. The molecule has 4 aromatic rings. The van der Waals surface area contributed by atoms with E-state index in [0.717, 1.165) is 60.2 Å². The van der Waals surface area contributed by atoms with Crippen LogP contribution in [-0.4, -0.2) is 45.9 Å². The molecule has 2 aromatic heterocycles. The van der Waals surface area contributed by atoms with Crippen LogP contribution in [0.3, 0.4) is 0 Å². The van der Waals surface area contributed by atoms with Crippen LogP contribution in [0.5, 0.6) is 0 Å². The lowest BCUT2D eigenvalue weighted by Gasteiger charge is -2.29. The number of fused-ring (bicyclic) bond motifs is 1. The minimum absolute atomic E-state index is 0.703. The molecule has 1 fully saturated rings. The third-order valence-corrected chi connectivity index (χ3v) is 5.63. The predicted octanol–water partition coefficient (Wildman–Crippen LogP) is 3.43. The summed E-state index contributed by atoms with van der Waals surface area (Å²) in [7, 11) is 0. The molecular formula is C24H26N6. The molecule has 0 atom stereocenters. The lowest BCUT2D eigenvalue weighted by molar-refractivity contribution is 0.585. The zero-order valence-corrected chi connectivity index (χ0v) is 17.5. The summed E-state index contributed by atoms with van der Waals surface area (Å²) >= 11 is 0. The van der Waals surface area contributed by atoms with Crippen molar-refractivity contribution in [3.05, 3.63) is 77.2 Å². The van der Waals surface area contributed by atoms with Crippen molar-refractivity contribution in [1.82, 2.24) is 25.1 Å². The number of rotatable bonds is 4. The first-order chi connectivity index (χ1) is 14.7. The molecule has 3 heterocycles. The van der Waals surface area contributed by atoms with Crippen molar-refractivity contribution < 1.29 is 0 Å². The third kappa shape index (κ3) is 3.55. The van der Waals surface area contributed by atoms with Gasteiger partial charge in [-0.05, 0) is 31.5 Å². The number of benzene rings is 2. The first-order valence-electron chi connectivity index (χ1n) is 10.5. The summed E-state index contributed by atoms with van der Waals surface area (Å²) in [6, 6.07) is 18.8. The van der Waals surface area contributed by atoms with Gasteiger partial charge in [0.1, 0.15) is 11.6 Å². The molecule has 0 bridgehead atoms. The summed E-state index contributed by atoms with van der Waals surface area (Å²) in [6.45, 7) is 7.96. The van der Waals surface area contributed by atoms with E-state index in [4.69, 9.17) is 15.1 Å². The molecule has 1 aliphatic rings. The van der Waals surface area contributed by atoms with Crippen LogP contribution in [0.4, 0.5) is 5.82 Å². The van der Waals surface area contributed by atoms with Gasteiger partial charge in [-0.1, -0.05) is 48.0 Å². The number of nitrogens with zero attached hydrogens (tertiary/aromatic N) is 5. The Morgan fingerprint density at radius 3 is 2.37 bits per heavy atom. The summed E-state index contributed by atoms with van der Waals surface area (Å²) in [5, 5.41) is 9.33. The van der Waals surface area contributed by atoms with E-state index in [1.807, 2.05) is 22.9 Å². The third-order valence-electron chi connectivity index (χ3n) is 5.63. The van der Waals surface area contributed by atoms with Crippen molar-refractivity contribution in [2.45, 2.75) is 20.3 Å². The normalized spacial score (nSPS) is 14.4. The largest absolute Gasteiger partial charge is 0.353 e. The van der Waals surface area contributed by atoms with Gasteiger partial charge in [-0.15, -0.1) is 0 Å². The first-order valence-corrected chi connectivity index (χ1v) is 10.5. The van der Waals surface area contributed by atoms with E-state index in [-0.39, 0.29) is 0 Å². The van der Waals surface area contributed by atoms with Crippen molar-refractivity contribution >= 4 is 16.9 Å². The standard InChI is InChI=1S/C24H26N6/c1-17-8-10-19(11-9-17)16-21-26-23(29-14-12-25-13-15-29)22-18(2)28-30(24(22)27-21)20-6-4-3-5-7-20/h3-11,25H,12-16H2,1-2H3. The van der Waals surface area contributed by atoms with Gasteiger partial charge in [-0.25, -0.2) is 14.6 Å². The van der Waals surface area contributed by atoms with Crippen LogP contribution >= 0.6 is 0 Å². The summed E-state index contributed by atoms with van der Waals surface area (Å²) < 4.78 is 1.96. The zero-order chi connectivity index (χ0) is 20.5. The van der Waals surface area contributed by atoms with Gasteiger partial charge in [0.15, 0.2) is 5.65 Å². The number of para-hydroxylation sites is 1. The highest BCUT2D eigenvalue weighted by atomic mass is 15.3. The summed E-state index contributed by atoms with van der Waals surface area (Å²) in [5.74, 6) is 1.83. The fourth-order valence-corrected chi connectivity index (χ4v) is 4.03. The minimum Gasteiger partial charge on any atom is -0.353 e. The maximum absolute atomic E-state index is 5.04. The predicted molar refractivity (Wildman–Crippen MR) is 120 cm³/mol. The van der Waals surface area contributed by atoms with Gasteiger partial charge < -0.3 is 10.2 Å². The van der Waals surface area contributed by atoms with Gasteiger partial charge >= 0.3 is 0 Å². The highest BCUT2D eigenvalue weighted by molar-refractivity contribution is 5.91. The molecule has 152 valence electrons. The number of nitrogens with one attached hydrogen (secondary N) is 1. The SMILES string of the molecule is Cc1ccc(Cc2nc(N3CCNCC3)c3c(C)nn(-c4ccccc4)c3n2)cc1. The molecule has 0 aliphatic carbocycles. The van der Waals surface area contributed by atoms with Crippen molar-refractivity contribution in [3.63, 3.8) is 0 Å². The molecule has 6 heteroatoms. The Labute approximate surface area is 176 Å². The highest BCUT2D eigenvalue weighted by Gasteiger charge is 2.22. The highest BCUT2D eigenvalue weighted by Crippen LogP contribution is 2.29. The second-order valence-corrected chi connectivity index (χ2v) is 7.89. The molecule has 0 radical (unpaired) electrons. The minimum atomic E-state index is 0.703. The molecule has 1 saturated heterocycles. The monoisotopic (exact) mass is 398 g/mol. The molecule has 6 nitrogen and oxygen atoms in total. The van der Waals surface area contributed by atoms with Gasteiger partial charge in [0.05, 0.1) is 16.8 Å². The van der Waals surface area contributed by atoms with Gasteiger partial charge in [-0.3, -0.25) is 0 Å². The van der Waals surface area contributed by atoms with Gasteiger partial charge in [0, 0.05) is 32.6 Å². The Morgan fingerprint density at radius 2 is 1.63 bits per heavy atom. The van der Waals surface area contributed by atoms with E-state index in [1.165, 1.54) is 11.1 Å². The number of anilines is 1. The molecule has 30 heavy (non-hydrogen) atoms. The van der Waals surface area contributed by atoms with E-state index < -0.39 is 0 Å².